The van der Waals surface area contributed by atoms with Crippen LogP contribution in [0.3, 0.4) is 0 Å². The van der Waals surface area contributed by atoms with E-state index in [0.717, 1.165) is 27.8 Å². The maximum Gasteiger partial charge on any atom is 0.408 e. The number of benzene rings is 6. The highest BCUT2D eigenvalue weighted by molar-refractivity contribution is 5.96. The van der Waals surface area contributed by atoms with Gasteiger partial charge in [-0.3, -0.25) is 19.2 Å². The van der Waals surface area contributed by atoms with Gasteiger partial charge in [0.1, 0.15) is 68.8 Å². The normalized spacial score (nSPS) is 12.3. The number of rotatable bonds is 44. The number of alkyl carbamates (subject to hydrolysis) is 5. The van der Waals surface area contributed by atoms with Crippen LogP contribution < -0.4 is 47.9 Å². The van der Waals surface area contributed by atoms with Crippen molar-refractivity contribution in [2.45, 2.75) is 173 Å². The summed E-state index contributed by atoms with van der Waals surface area (Å²) in [4.78, 5) is 138. The predicted molar refractivity (Wildman–Crippen MR) is 387 cm³/mol. The highest BCUT2D eigenvalue weighted by Crippen LogP contribution is 2.15. The molecule has 0 saturated heterocycles. The van der Waals surface area contributed by atoms with Crippen LogP contribution in [0, 0.1) is 0 Å². The molecule has 26 nitrogen and oxygen atoms in total. The number of carbonyl (C=O) groups is 10. The molecule has 6 rings (SSSR count). The summed E-state index contributed by atoms with van der Waals surface area (Å²) in [5.41, 5.74) is 3.62. The summed E-state index contributed by atoms with van der Waals surface area (Å²) in [6.45, 7) is 5.12. The maximum atomic E-state index is 15.2. The van der Waals surface area contributed by atoms with E-state index in [1.165, 1.54) is 0 Å². The minimum atomic E-state index is -1.44. The van der Waals surface area contributed by atoms with Crippen molar-refractivity contribution < 1.29 is 81.1 Å². The van der Waals surface area contributed by atoms with Crippen molar-refractivity contribution in [1.29, 1.82) is 0 Å². The second-order valence-electron chi connectivity index (χ2n) is 25.5. The summed E-state index contributed by atoms with van der Waals surface area (Å²) in [6, 6.07) is 47.5. The minimum absolute atomic E-state index is 0.0164. The minimum Gasteiger partial charge on any atom is -0.459 e. The van der Waals surface area contributed by atoms with Crippen LogP contribution in [-0.2, 0) is 96.8 Å². The second kappa shape index (κ2) is 47.2. The zero-order valence-corrected chi connectivity index (χ0v) is 59.4. The van der Waals surface area contributed by atoms with Crippen LogP contribution in [0.4, 0.5) is 24.0 Å². The molecule has 26 heteroatoms. The van der Waals surface area contributed by atoms with Gasteiger partial charge in [-0.1, -0.05) is 182 Å². The van der Waals surface area contributed by atoms with Crippen molar-refractivity contribution in [3.8, 4) is 0 Å². The lowest BCUT2D eigenvalue weighted by Crippen LogP contribution is -2.59. The molecular formula is C78H99N9O17. The molecule has 104 heavy (non-hydrogen) atoms. The van der Waals surface area contributed by atoms with Crippen LogP contribution >= 0.6 is 0 Å². The first-order valence-electron chi connectivity index (χ1n) is 35.2. The summed E-state index contributed by atoms with van der Waals surface area (Å²) in [5, 5.41) is 24.6. The quantitative estimate of drug-likeness (QED) is 0.00975. The van der Waals surface area contributed by atoms with Crippen molar-refractivity contribution in [3.05, 3.63) is 215 Å². The Morgan fingerprint density at radius 2 is 0.538 bits per heavy atom. The van der Waals surface area contributed by atoms with Crippen molar-refractivity contribution >= 4 is 60.1 Å². The van der Waals surface area contributed by atoms with Crippen LogP contribution in [-0.4, -0.2) is 129 Å². The van der Waals surface area contributed by atoms with E-state index < -0.39 is 95.9 Å². The Morgan fingerprint density at radius 1 is 0.288 bits per heavy atom. The number of hydrogen-bond acceptors (Lipinski definition) is 17. The Balaban J connectivity index is 1.24. The third-order valence-corrected chi connectivity index (χ3v) is 15.7. The van der Waals surface area contributed by atoms with Crippen molar-refractivity contribution in [2.75, 3.05) is 32.8 Å². The highest BCUT2D eigenvalue weighted by Gasteiger charge is 2.34. The first-order valence-corrected chi connectivity index (χ1v) is 35.2. The molecule has 0 spiro atoms. The fraction of sp³-hybridized carbons (Fsp3) is 0.410. The lowest BCUT2D eigenvalue weighted by atomic mass is 10.0. The molecule has 0 aliphatic rings. The summed E-state index contributed by atoms with van der Waals surface area (Å²) >= 11 is 0. The van der Waals surface area contributed by atoms with E-state index in [1.807, 2.05) is 158 Å². The molecule has 0 saturated carbocycles. The van der Waals surface area contributed by atoms with Crippen LogP contribution in [0.15, 0.2) is 182 Å². The first-order chi connectivity index (χ1) is 50.3. The maximum absolute atomic E-state index is 15.2. The Morgan fingerprint density at radius 3 is 0.827 bits per heavy atom. The Kier molecular flexibility index (Phi) is 37.2. The molecule has 6 aromatic rings. The Labute approximate surface area is 607 Å². The third-order valence-electron chi connectivity index (χ3n) is 15.7. The van der Waals surface area contributed by atoms with Crippen LogP contribution in [0.5, 0.6) is 0 Å². The number of hydrogen-bond donors (Lipinski definition) is 9. The predicted octanol–water partition coefficient (Wildman–Crippen LogP) is 10.2. The zero-order chi connectivity index (χ0) is 74.4. The van der Waals surface area contributed by atoms with E-state index in [1.54, 1.807) is 45.0 Å². The number of ether oxygens (including phenoxy) is 7. The average Bonchev–Trinajstić information content (AvgIpc) is 0.867. The van der Waals surface area contributed by atoms with Gasteiger partial charge in [-0.25, -0.2) is 28.8 Å². The molecular weight excluding hydrogens is 1330 g/mol. The number of carbonyl (C=O) groups excluding carboxylic acids is 10. The van der Waals surface area contributed by atoms with Crippen LogP contribution in [0.2, 0.25) is 0 Å². The third kappa shape index (κ3) is 35.0. The van der Waals surface area contributed by atoms with Crippen LogP contribution in [0.1, 0.15) is 131 Å². The number of amides is 9. The first kappa shape index (κ1) is 81.9. The summed E-state index contributed by atoms with van der Waals surface area (Å²) < 4.78 is 38.8. The van der Waals surface area contributed by atoms with Gasteiger partial charge in [-0.05, 0) is 131 Å². The molecule has 0 heterocycles. The lowest BCUT2D eigenvalue weighted by Gasteiger charge is -2.28. The van der Waals surface area contributed by atoms with Gasteiger partial charge >= 0.3 is 36.4 Å². The van der Waals surface area contributed by atoms with Gasteiger partial charge in [0.2, 0.25) is 23.6 Å². The van der Waals surface area contributed by atoms with Gasteiger partial charge in [-0.2, -0.15) is 0 Å². The summed E-state index contributed by atoms with van der Waals surface area (Å²) in [7, 11) is 0. The van der Waals surface area contributed by atoms with Crippen molar-refractivity contribution in [1.82, 2.24) is 47.9 Å². The standard InChI is InChI=1S/C78H99N9O17/c1-78(2,3)104-77(97)87-67(56-98-50-57-30-10-4-11-31-57)71(91)85-64(43-23-27-47-80-74(94)101-53-60-36-16-7-17-37-60)69(89)83-63(42-22-26-46-79-73(93)100-52-59-34-14-6-15-35-59)68(88)84-65(44-24-28-48-81-75(95)102-54-61-38-18-8-19-39-61)70(90)86-66(72(92)99-51-58-32-12-5-13-33-58)45-25-29-49-82-76(96)103-55-62-40-20-9-21-41-62/h4-21,30-41,63-67H,22-29,42-56H2,1-3H3,(H,79,93)(H,80,94)(H,81,95)(H,82,96)(H,83,89)(H,84,88)(H,85,91)(H,86,90)(H,87,97). The Bertz CT molecular complexity index is 3540. The molecule has 0 aliphatic carbocycles. The fourth-order valence-corrected chi connectivity index (χ4v) is 10.2. The molecule has 0 aromatic heterocycles. The number of esters is 1. The van der Waals surface area contributed by atoms with E-state index in [2.05, 4.69) is 47.9 Å². The fourth-order valence-electron chi connectivity index (χ4n) is 10.2. The van der Waals surface area contributed by atoms with E-state index in [-0.39, 0.29) is 137 Å². The lowest BCUT2D eigenvalue weighted by molar-refractivity contribution is -0.149. The van der Waals surface area contributed by atoms with Gasteiger partial charge in [0.25, 0.3) is 0 Å². The van der Waals surface area contributed by atoms with E-state index in [4.69, 9.17) is 33.2 Å². The van der Waals surface area contributed by atoms with Gasteiger partial charge < -0.3 is 81.0 Å². The molecule has 0 aliphatic heterocycles. The highest BCUT2D eigenvalue weighted by atomic mass is 16.6. The van der Waals surface area contributed by atoms with Gasteiger partial charge in [0, 0.05) is 26.2 Å². The molecule has 9 N–H and O–H groups in total. The molecule has 5 atom stereocenters. The molecule has 0 bridgehead atoms. The van der Waals surface area contributed by atoms with E-state index in [9.17, 15) is 38.4 Å². The average molecular weight is 1430 g/mol. The molecule has 558 valence electrons. The number of nitrogens with one attached hydrogen (secondary N) is 9. The summed E-state index contributed by atoms with van der Waals surface area (Å²) in [6.07, 6.45) is -1.68. The zero-order valence-electron chi connectivity index (χ0n) is 59.4. The van der Waals surface area contributed by atoms with E-state index in [0.29, 0.717) is 18.4 Å². The number of unbranched alkanes of at least 4 members (excludes halogenated alkanes) is 4. The smallest absolute Gasteiger partial charge is 0.408 e. The van der Waals surface area contributed by atoms with Crippen molar-refractivity contribution in [2.24, 2.45) is 0 Å². The summed E-state index contributed by atoms with van der Waals surface area (Å²) in [5.74, 6) is -4.10. The molecule has 0 radical (unpaired) electrons. The van der Waals surface area contributed by atoms with Crippen LogP contribution in [0.25, 0.3) is 0 Å². The van der Waals surface area contributed by atoms with Crippen molar-refractivity contribution in [3.63, 3.8) is 0 Å². The molecule has 0 fully saturated rings. The molecule has 5 unspecified atom stereocenters. The Hall–Kier alpha value is -11.0. The SMILES string of the molecule is CC(C)(C)OC(=O)NC(COCc1ccccc1)C(=O)NC(CCCCNC(=O)OCc1ccccc1)C(=O)NC(CCCCNC(=O)OCc1ccccc1)C(=O)NC(CCCCNC(=O)OCc1ccccc1)C(=O)NC(CCCCNC(=O)OCc1ccccc1)C(=O)OCc1ccccc1. The molecule has 6 aromatic carbocycles. The molecule has 9 amide bonds. The largest absolute Gasteiger partial charge is 0.459 e. The second-order valence-corrected chi connectivity index (χ2v) is 25.5. The monoisotopic (exact) mass is 1430 g/mol. The van der Waals surface area contributed by atoms with E-state index >= 15 is 9.59 Å². The van der Waals surface area contributed by atoms with Gasteiger partial charge in [0.05, 0.1) is 13.2 Å². The van der Waals surface area contributed by atoms with Gasteiger partial charge in [0.15, 0.2) is 0 Å². The topological polar surface area (TPSA) is 344 Å². The van der Waals surface area contributed by atoms with Gasteiger partial charge in [-0.15, -0.1) is 0 Å².